The van der Waals surface area contributed by atoms with Crippen LogP contribution in [-0.4, -0.2) is 57.7 Å². The van der Waals surface area contributed by atoms with E-state index in [9.17, 15) is 13.2 Å². The van der Waals surface area contributed by atoms with Gasteiger partial charge in [0.2, 0.25) is 10.0 Å². The number of hydrogen-bond acceptors (Lipinski definition) is 5. The van der Waals surface area contributed by atoms with Gasteiger partial charge in [-0.05, 0) is 12.1 Å². The lowest BCUT2D eigenvalue weighted by Gasteiger charge is -2.20. The maximum atomic E-state index is 12.4. The molecule has 1 amide bonds. The predicted molar refractivity (Wildman–Crippen MR) is 89.3 cm³/mol. The van der Waals surface area contributed by atoms with Crippen molar-refractivity contribution in [1.29, 1.82) is 0 Å². The van der Waals surface area contributed by atoms with Crippen molar-refractivity contribution >= 4 is 26.9 Å². The highest BCUT2D eigenvalue weighted by molar-refractivity contribution is 7.89. The van der Waals surface area contributed by atoms with Gasteiger partial charge in [0.1, 0.15) is 5.58 Å². The molecule has 7 nitrogen and oxygen atoms in total. The van der Waals surface area contributed by atoms with Crippen LogP contribution in [0.5, 0.6) is 0 Å². The molecule has 0 unspecified atom stereocenters. The Labute approximate surface area is 140 Å². The Morgan fingerprint density at radius 3 is 2.75 bits per heavy atom. The third-order valence-corrected chi connectivity index (χ3v) is 6.11. The summed E-state index contributed by atoms with van der Waals surface area (Å²) in [6.45, 7) is 0.595. The molecule has 2 heterocycles. The number of para-hydroxylation sites is 1. The van der Waals surface area contributed by atoms with Crippen molar-refractivity contribution < 1.29 is 22.4 Å². The van der Waals surface area contributed by atoms with Crippen LogP contribution in [0.3, 0.4) is 0 Å². The summed E-state index contributed by atoms with van der Waals surface area (Å²) in [5.41, 5.74) is 0.636. The van der Waals surface area contributed by atoms with Gasteiger partial charge in [-0.1, -0.05) is 18.2 Å². The zero-order valence-corrected chi connectivity index (χ0v) is 14.4. The van der Waals surface area contributed by atoms with Crippen molar-refractivity contribution in [3.63, 3.8) is 0 Å². The summed E-state index contributed by atoms with van der Waals surface area (Å²) in [4.78, 5) is 12.4. The second-order valence-electron chi connectivity index (χ2n) is 6.09. The predicted octanol–water partition coefficient (Wildman–Crippen LogP) is 1.07. The van der Waals surface area contributed by atoms with Gasteiger partial charge in [0.05, 0.1) is 25.0 Å². The molecule has 1 N–H and O–H groups in total. The van der Waals surface area contributed by atoms with Gasteiger partial charge in [-0.25, -0.2) is 12.7 Å². The van der Waals surface area contributed by atoms with E-state index in [1.807, 2.05) is 18.2 Å². The van der Waals surface area contributed by atoms with Gasteiger partial charge in [0, 0.05) is 25.4 Å². The first-order chi connectivity index (χ1) is 11.4. The molecule has 0 bridgehead atoms. The highest BCUT2D eigenvalue weighted by Crippen LogP contribution is 2.21. The lowest BCUT2D eigenvalue weighted by atomic mass is 10.1. The summed E-state index contributed by atoms with van der Waals surface area (Å²) in [5, 5.41) is 3.67. The smallest absolute Gasteiger partial charge is 0.287 e. The van der Waals surface area contributed by atoms with Gasteiger partial charge in [0.25, 0.3) is 5.91 Å². The monoisotopic (exact) mass is 352 g/mol. The highest BCUT2D eigenvalue weighted by Gasteiger charge is 2.34. The molecule has 0 aliphatic carbocycles. The van der Waals surface area contributed by atoms with E-state index in [0.717, 1.165) is 5.39 Å². The summed E-state index contributed by atoms with van der Waals surface area (Å²) >= 11 is 0. The average molecular weight is 352 g/mol. The standard InChI is InChI=1S/C16H20N2O5S/c1-18(2)24(20,21)10-12-8-22-9-13(12)17-16(19)15-7-11-5-3-4-6-14(11)23-15/h3-7,12-13H,8-10H2,1-2H3,(H,17,19)/t12-,13+/m0/s1. The summed E-state index contributed by atoms with van der Waals surface area (Å²) in [6, 6.07) is 8.66. The first-order valence-electron chi connectivity index (χ1n) is 7.64. The lowest BCUT2D eigenvalue weighted by Crippen LogP contribution is -2.43. The quantitative estimate of drug-likeness (QED) is 0.869. The van der Waals surface area contributed by atoms with E-state index in [1.165, 1.54) is 18.4 Å². The molecule has 0 spiro atoms. The Kier molecular flexibility index (Phi) is 4.62. The van der Waals surface area contributed by atoms with Gasteiger partial charge in [-0.15, -0.1) is 0 Å². The third-order valence-electron chi connectivity index (χ3n) is 4.15. The number of ether oxygens (including phenoxy) is 1. The molecule has 1 aromatic heterocycles. The third kappa shape index (κ3) is 3.45. The van der Waals surface area contributed by atoms with Crippen molar-refractivity contribution in [2.45, 2.75) is 6.04 Å². The molecule has 1 saturated heterocycles. The van der Waals surface area contributed by atoms with Crippen LogP contribution in [0, 0.1) is 5.92 Å². The number of hydrogen-bond donors (Lipinski definition) is 1. The van der Waals surface area contributed by atoms with Crippen LogP contribution in [0.2, 0.25) is 0 Å². The highest BCUT2D eigenvalue weighted by atomic mass is 32.2. The Balaban J connectivity index is 1.71. The van der Waals surface area contributed by atoms with Crippen LogP contribution in [0.4, 0.5) is 0 Å². The first-order valence-corrected chi connectivity index (χ1v) is 9.25. The van der Waals surface area contributed by atoms with Gasteiger partial charge >= 0.3 is 0 Å². The van der Waals surface area contributed by atoms with Crippen LogP contribution < -0.4 is 5.32 Å². The molecule has 0 radical (unpaired) electrons. The lowest BCUT2D eigenvalue weighted by molar-refractivity contribution is 0.0900. The van der Waals surface area contributed by atoms with Crippen LogP contribution in [0.1, 0.15) is 10.6 Å². The Morgan fingerprint density at radius 2 is 2.04 bits per heavy atom. The molecule has 0 saturated carbocycles. The van der Waals surface area contributed by atoms with E-state index in [1.54, 1.807) is 12.1 Å². The van der Waals surface area contributed by atoms with E-state index in [0.29, 0.717) is 18.8 Å². The Hall–Kier alpha value is -1.90. The molecule has 1 aromatic carbocycles. The minimum Gasteiger partial charge on any atom is -0.451 e. The fourth-order valence-electron chi connectivity index (χ4n) is 2.68. The van der Waals surface area contributed by atoms with Crippen molar-refractivity contribution in [2.24, 2.45) is 5.92 Å². The molecule has 1 aliphatic rings. The van der Waals surface area contributed by atoms with Crippen molar-refractivity contribution in [3.8, 4) is 0 Å². The topological polar surface area (TPSA) is 88.9 Å². The zero-order chi connectivity index (χ0) is 17.3. The van der Waals surface area contributed by atoms with E-state index in [4.69, 9.17) is 9.15 Å². The summed E-state index contributed by atoms with van der Waals surface area (Å²) in [6.07, 6.45) is 0. The molecule has 2 aromatic rings. The molecular formula is C16H20N2O5S. The molecule has 1 aliphatic heterocycles. The van der Waals surface area contributed by atoms with Crippen molar-refractivity contribution in [3.05, 3.63) is 36.1 Å². The first kappa shape index (κ1) is 16.9. The number of amides is 1. The number of carbonyl (C=O) groups is 1. The van der Waals surface area contributed by atoms with Gasteiger partial charge < -0.3 is 14.5 Å². The summed E-state index contributed by atoms with van der Waals surface area (Å²) < 4.78 is 36.2. The number of rotatable bonds is 5. The van der Waals surface area contributed by atoms with Crippen molar-refractivity contribution in [2.75, 3.05) is 33.1 Å². The van der Waals surface area contributed by atoms with E-state index < -0.39 is 10.0 Å². The van der Waals surface area contributed by atoms with Crippen LogP contribution >= 0.6 is 0 Å². The number of fused-ring (bicyclic) bond motifs is 1. The SMILES string of the molecule is CN(C)S(=O)(=O)C[C@@H]1COC[C@H]1NC(=O)c1cc2ccccc2o1. The molecule has 130 valence electrons. The largest absolute Gasteiger partial charge is 0.451 e. The van der Waals surface area contributed by atoms with Crippen LogP contribution in [0.15, 0.2) is 34.7 Å². The number of furan rings is 1. The second kappa shape index (κ2) is 6.54. The van der Waals surface area contributed by atoms with Crippen LogP contribution in [-0.2, 0) is 14.8 Å². The van der Waals surface area contributed by atoms with Crippen LogP contribution in [0.25, 0.3) is 11.0 Å². The molecular weight excluding hydrogens is 332 g/mol. The molecule has 24 heavy (non-hydrogen) atoms. The maximum Gasteiger partial charge on any atom is 0.287 e. The average Bonchev–Trinajstić information content (AvgIpc) is 3.13. The Bertz CT molecular complexity index is 810. The molecule has 1 fully saturated rings. The zero-order valence-electron chi connectivity index (χ0n) is 13.6. The number of sulfonamides is 1. The Morgan fingerprint density at radius 1 is 1.29 bits per heavy atom. The number of nitrogens with zero attached hydrogens (tertiary/aromatic N) is 1. The molecule has 8 heteroatoms. The fraction of sp³-hybridized carbons (Fsp3) is 0.438. The van der Waals surface area contributed by atoms with E-state index >= 15 is 0 Å². The molecule has 2 atom stereocenters. The van der Waals surface area contributed by atoms with Crippen molar-refractivity contribution in [1.82, 2.24) is 9.62 Å². The summed E-state index contributed by atoms with van der Waals surface area (Å²) in [7, 11) is -0.371. The van der Waals surface area contributed by atoms with Gasteiger partial charge in [0.15, 0.2) is 5.76 Å². The van der Waals surface area contributed by atoms with E-state index in [2.05, 4.69) is 5.32 Å². The van der Waals surface area contributed by atoms with Gasteiger partial charge in [-0.2, -0.15) is 0 Å². The minimum atomic E-state index is -3.36. The minimum absolute atomic E-state index is 0.0644. The number of benzene rings is 1. The second-order valence-corrected chi connectivity index (χ2v) is 8.31. The normalized spacial score (nSPS) is 21.5. The number of nitrogens with one attached hydrogen (secondary N) is 1. The number of carbonyl (C=O) groups excluding carboxylic acids is 1. The molecule has 3 rings (SSSR count). The van der Waals surface area contributed by atoms with Gasteiger partial charge in [-0.3, -0.25) is 4.79 Å². The fourth-order valence-corrected chi connectivity index (χ4v) is 3.84. The maximum absolute atomic E-state index is 12.4. The van der Waals surface area contributed by atoms with E-state index in [-0.39, 0.29) is 29.4 Å². The summed E-state index contributed by atoms with van der Waals surface area (Å²) in [5.74, 6) is -0.512.